The summed E-state index contributed by atoms with van der Waals surface area (Å²) in [6, 6.07) is 8.44. The number of aromatic nitrogens is 1. The lowest BCUT2D eigenvalue weighted by atomic mass is 9.98. The number of aryl methyl sites for hydroxylation is 1. The number of halogens is 1. The molecule has 1 aromatic heterocycles. The van der Waals surface area contributed by atoms with Gasteiger partial charge in [-0.1, -0.05) is 31.5 Å². The molecule has 5 heteroatoms. The van der Waals surface area contributed by atoms with E-state index in [1.165, 1.54) is 17.7 Å². The molecule has 1 aromatic carbocycles. The Kier molecular flexibility index (Phi) is 4.48. The normalized spacial score (nSPS) is 10.7. The minimum Gasteiger partial charge on any atom is -0.477 e. The van der Waals surface area contributed by atoms with Gasteiger partial charge in [0.1, 0.15) is 16.5 Å². The molecule has 21 heavy (non-hydrogen) atoms. The van der Waals surface area contributed by atoms with Gasteiger partial charge in [0.15, 0.2) is 0 Å². The van der Waals surface area contributed by atoms with Crippen molar-refractivity contribution in [3.63, 3.8) is 0 Å². The first-order valence-electron chi connectivity index (χ1n) is 6.56. The highest BCUT2D eigenvalue weighted by Crippen LogP contribution is 2.28. The first-order chi connectivity index (χ1) is 9.88. The van der Waals surface area contributed by atoms with Crippen molar-refractivity contribution in [3.05, 3.63) is 52.2 Å². The summed E-state index contributed by atoms with van der Waals surface area (Å²) in [5.41, 5.74) is 2.28. The molecule has 0 unspecified atom stereocenters. The summed E-state index contributed by atoms with van der Waals surface area (Å²) in [6.07, 6.45) is 0. The number of aromatic carboxylic acids is 1. The van der Waals surface area contributed by atoms with Gasteiger partial charge in [-0.05, 0) is 48.2 Å². The molecule has 2 rings (SSSR count). The molecule has 0 aliphatic heterocycles. The van der Waals surface area contributed by atoms with E-state index >= 15 is 0 Å². The second kappa shape index (κ2) is 6.14. The first-order valence-corrected chi connectivity index (χ1v) is 6.94. The molecule has 1 N–H and O–H groups in total. The van der Waals surface area contributed by atoms with Gasteiger partial charge in [0.2, 0.25) is 5.88 Å². The third-order valence-electron chi connectivity index (χ3n) is 3.13. The number of hydrogen-bond donors (Lipinski definition) is 1. The molecule has 0 bridgehead atoms. The van der Waals surface area contributed by atoms with E-state index in [1.54, 1.807) is 6.07 Å². The van der Waals surface area contributed by atoms with Crippen LogP contribution in [-0.2, 0) is 0 Å². The number of carbonyl (C=O) groups is 1. The fraction of sp³-hybridized carbons (Fsp3) is 0.250. The van der Waals surface area contributed by atoms with E-state index in [-0.39, 0.29) is 16.6 Å². The Bertz CT molecular complexity index is 683. The largest absolute Gasteiger partial charge is 0.477 e. The Hall–Kier alpha value is -2.07. The standard InChI is InChI=1S/C16H16ClNO3/c1-9(2)12-5-4-11(8-10(12)3)21-15-13(16(19)20)6-7-14(17)18-15/h4-9H,1-3H3,(H,19,20). The zero-order valence-electron chi connectivity index (χ0n) is 12.1. The highest BCUT2D eigenvalue weighted by molar-refractivity contribution is 6.29. The van der Waals surface area contributed by atoms with E-state index < -0.39 is 5.97 Å². The van der Waals surface area contributed by atoms with Gasteiger partial charge in [-0.15, -0.1) is 0 Å². The first kappa shape index (κ1) is 15.3. The quantitative estimate of drug-likeness (QED) is 0.835. The van der Waals surface area contributed by atoms with Crippen molar-refractivity contribution < 1.29 is 14.6 Å². The van der Waals surface area contributed by atoms with Crippen molar-refractivity contribution in [2.75, 3.05) is 0 Å². The molecule has 0 saturated carbocycles. The maximum atomic E-state index is 11.2. The van der Waals surface area contributed by atoms with Crippen LogP contribution in [0.5, 0.6) is 11.6 Å². The maximum absolute atomic E-state index is 11.2. The van der Waals surface area contributed by atoms with Gasteiger partial charge in [-0.25, -0.2) is 9.78 Å². The lowest BCUT2D eigenvalue weighted by Crippen LogP contribution is -2.02. The van der Waals surface area contributed by atoms with Gasteiger partial charge in [0, 0.05) is 0 Å². The second-order valence-corrected chi connectivity index (χ2v) is 5.45. The van der Waals surface area contributed by atoms with Gasteiger partial charge in [0.25, 0.3) is 0 Å². The number of rotatable bonds is 4. The lowest BCUT2D eigenvalue weighted by Gasteiger charge is -2.12. The molecule has 2 aromatic rings. The van der Waals surface area contributed by atoms with E-state index in [0.29, 0.717) is 11.7 Å². The van der Waals surface area contributed by atoms with Crippen molar-refractivity contribution in [2.24, 2.45) is 0 Å². The molecule has 1 heterocycles. The Morgan fingerprint density at radius 1 is 1.29 bits per heavy atom. The number of ether oxygens (including phenoxy) is 1. The molecule has 0 amide bonds. The Morgan fingerprint density at radius 2 is 2.00 bits per heavy atom. The van der Waals surface area contributed by atoms with Crippen molar-refractivity contribution in [1.29, 1.82) is 0 Å². The van der Waals surface area contributed by atoms with Crippen LogP contribution in [0.4, 0.5) is 0 Å². The summed E-state index contributed by atoms with van der Waals surface area (Å²) in [4.78, 5) is 15.1. The number of hydrogen-bond acceptors (Lipinski definition) is 3. The molecule has 0 fully saturated rings. The molecule has 0 aliphatic carbocycles. The summed E-state index contributed by atoms with van der Waals surface area (Å²) in [6.45, 7) is 6.22. The number of nitrogens with zero attached hydrogens (tertiary/aromatic N) is 1. The second-order valence-electron chi connectivity index (χ2n) is 5.07. The average molecular weight is 306 g/mol. The molecule has 0 radical (unpaired) electrons. The molecular formula is C16H16ClNO3. The minimum atomic E-state index is -1.11. The van der Waals surface area contributed by atoms with E-state index in [9.17, 15) is 4.79 Å². The van der Waals surface area contributed by atoms with Crippen LogP contribution >= 0.6 is 11.6 Å². The monoisotopic (exact) mass is 305 g/mol. The van der Waals surface area contributed by atoms with Crippen LogP contribution in [0.15, 0.2) is 30.3 Å². The maximum Gasteiger partial charge on any atom is 0.341 e. The van der Waals surface area contributed by atoms with Gasteiger partial charge in [-0.3, -0.25) is 0 Å². The summed E-state index contributed by atoms with van der Waals surface area (Å²) < 4.78 is 5.59. The fourth-order valence-corrected chi connectivity index (χ4v) is 2.27. The highest BCUT2D eigenvalue weighted by atomic mass is 35.5. The van der Waals surface area contributed by atoms with E-state index in [1.807, 2.05) is 19.1 Å². The summed E-state index contributed by atoms with van der Waals surface area (Å²) in [5, 5.41) is 9.33. The number of carboxylic acid groups (broad SMARTS) is 1. The van der Waals surface area contributed by atoms with Crippen LogP contribution in [0.25, 0.3) is 0 Å². The molecule has 0 spiro atoms. The summed E-state index contributed by atoms with van der Waals surface area (Å²) in [5.74, 6) is -0.163. The number of benzene rings is 1. The smallest absolute Gasteiger partial charge is 0.341 e. The van der Waals surface area contributed by atoms with E-state index in [0.717, 1.165) is 5.56 Å². The zero-order chi connectivity index (χ0) is 15.6. The van der Waals surface area contributed by atoms with Crippen LogP contribution in [0, 0.1) is 6.92 Å². The van der Waals surface area contributed by atoms with Crippen LogP contribution in [0.2, 0.25) is 5.15 Å². The van der Waals surface area contributed by atoms with Gasteiger partial charge >= 0.3 is 5.97 Å². The van der Waals surface area contributed by atoms with Gasteiger partial charge in [-0.2, -0.15) is 0 Å². The number of pyridine rings is 1. The summed E-state index contributed by atoms with van der Waals surface area (Å²) in [7, 11) is 0. The van der Waals surface area contributed by atoms with Crippen LogP contribution in [-0.4, -0.2) is 16.1 Å². The minimum absolute atomic E-state index is 0.00769. The predicted octanol–water partition coefficient (Wildman–Crippen LogP) is 4.66. The van der Waals surface area contributed by atoms with E-state index in [4.69, 9.17) is 21.4 Å². The highest BCUT2D eigenvalue weighted by Gasteiger charge is 2.15. The Labute approximate surface area is 128 Å². The van der Waals surface area contributed by atoms with Gasteiger partial charge in [0.05, 0.1) is 0 Å². The van der Waals surface area contributed by atoms with Crippen LogP contribution < -0.4 is 4.74 Å². The summed E-state index contributed by atoms with van der Waals surface area (Å²) >= 11 is 5.80. The van der Waals surface area contributed by atoms with Crippen molar-refractivity contribution in [2.45, 2.75) is 26.7 Å². The Morgan fingerprint density at radius 3 is 2.57 bits per heavy atom. The van der Waals surface area contributed by atoms with Crippen molar-refractivity contribution in [3.8, 4) is 11.6 Å². The molecule has 0 atom stereocenters. The Balaban J connectivity index is 2.36. The van der Waals surface area contributed by atoms with Gasteiger partial charge < -0.3 is 9.84 Å². The zero-order valence-corrected chi connectivity index (χ0v) is 12.8. The molecule has 4 nitrogen and oxygen atoms in total. The predicted molar refractivity (Wildman–Crippen MR) is 81.5 cm³/mol. The van der Waals surface area contributed by atoms with Crippen molar-refractivity contribution in [1.82, 2.24) is 4.98 Å². The SMILES string of the molecule is Cc1cc(Oc2nc(Cl)ccc2C(=O)O)ccc1C(C)C. The van der Waals surface area contributed by atoms with Crippen molar-refractivity contribution >= 4 is 17.6 Å². The van der Waals surface area contributed by atoms with E-state index in [2.05, 4.69) is 18.8 Å². The molecule has 0 saturated heterocycles. The topological polar surface area (TPSA) is 59.4 Å². The molecule has 110 valence electrons. The fourth-order valence-electron chi connectivity index (χ4n) is 2.13. The molecule has 0 aliphatic rings. The third-order valence-corrected chi connectivity index (χ3v) is 3.35. The average Bonchev–Trinajstić information content (AvgIpc) is 2.37. The molecular weight excluding hydrogens is 290 g/mol. The lowest BCUT2D eigenvalue weighted by molar-refractivity contribution is 0.0693. The van der Waals surface area contributed by atoms with Crippen LogP contribution in [0.1, 0.15) is 41.3 Å². The van der Waals surface area contributed by atoms with Crippen LogP contribution in [0.3, 0.4) is 0 Å². The third kappa shape index (κ3) is 3.52. The number of carboxylic acids is 1.